The molecular formula is C14H13N3O. The summed E-state index contributed by atoms with van der Waals surface area (Å²) >= 11 is 0. The Bertz CT molecular complexity index is 583. The molecule has 18 heavy (non-hydrogen) atoms. The van der Waals surface area contributed by atoms with Crippen LogP contribution < -0.4 is 4.90 Å². The Kier molecular flexibility index (Phi) is 2.55. The van der Waals surface area contributed by atoms with Crippen LogP contribution in [0.4, 0.5) is 5.69 Å². The number of para-hydroxylation sites is 1. The van der Waals surface area contributed by atoms with E-state index in [1.807, 2.05) is 23.1 Å². The Labute approximate surface area is 105 Å². The van der Waals surface area contributed by atoms with Crippen LogP contribution in [0.15, 0.2) is 42.9 Å². The summed E-state index contributed by atoms with van der Waals surface area (Å²) in [5.41, 5.74) is 2.65. The van der Waals surface area contributed by atoms with Gasteiger partial charge in [0.25, 0.3) is 5.91 Å². The number of carbonyl (C=O) groups excluding carboxylic acids is 1. The third-order valence-corrected chi connectivity index (χ3v) is 3.23. The minimum absolute atomic E-state index is 0.0603. The van der Waals surface area contributed by atoms with E-state index < -0.39 is 0 Å². The van der Waals surface area contributed by atoms with Gasteiger partial charge in [-0.2, -0.15) is 0 Å². The average molecular weight is 239 g/mol. The highest BCUT2D eigenvalue weighted by Gasteiger charge is 2.31. The van der Waals surface area contributed by atoms with Gasteiger partial charge >= 0.3 is 0 Å². The van der Waals surface area contributed by atoms with Crippen molar-refractivity contribution in [2.24, 2.45) is 0 Å². The van der Waals surface area contributed by atoms with Crippen molar-refractivity contribution in [3.05, 3.63) is 54.1 Å². The average Bonchev–Trinajstić information content (AvgIpc) is 2.75. The number of aromatic nitrogens is 2. The second-order valence-electron chi connectivity index (χ2n) is 4.45. The molecule has 0 saturated heterocycles. The summed E-state index contributed by atoms with van der Waals surface area (Å²) in [6.07, 6.45) is 3.89. The zero-order chi connectivity index (χ0) is 12.5. The summed E-state index contributed by atoms with van der Waals surface area (Å²) < 4.78 is 0. The highest BCUT2D eigenvalue weighted by atomic mass is 16.2. The number of nitrogens with zero attached hydrogens (tertiary/aromatic N) is 3. The summed E-state index contributed by atoms with van der Waals surface area (Å²) in [5.74, 6) is -0.0603. The molecule has 0 N–H and O–H groups in total. The maximum atomic E-state index is 12.5. The minimum Gasteiger partial charge on any atom is -0.304 e. The molecule has 0 aliphatic carbocycles. The van der Waals surface area contributed by atoms with Gasteiger partial charge in [0.15, 0.2) is 0 Å². The standard InChI is InChI=1S/C14H13N3O/c1-10-8-11-4-2-3-5-13(11)17(10)14(18)12-6-7-15-9-16-12/h2-7,9-10H,8H2,1H3. The highest BCUT2D eigenvalue weighted by Crippen LogP contribution is 2.32. The van der Waals surface area contributed by atoms with Crippen molar-refractivity contribution in [1.29, 1.82) is 0 Å². The molecule has 1 aliphatic rings. The van der Waals surface area contributed by atoms with E-state index in [-0.39, 0.29) is 11.9 Å². The quantitative estimate of drug-likeness (QED) is 0.765. The number of hydrogen-bond donors (Lipinski definition) is 0. The number of anilines is 1. The molecule has 90 valence electrons. The highest BCUT2D eigenvalue weighted by molar-refractivity contribution is 6.06. The van der Waals surface area contributed by atoms with Gasteiger partial charge in [0.2, 0.25) is 0 Å². The van der Waals surface area contributed by atoms with Crippen LogP contribution in [0, 0.1) is 0 Å². The molecule has 4 heteroatoms. The topological polar surface area (TPSA) is 46.1 Å². The van der Waals surface area contributed by atoms with Crippen molar-refractivity contribution in [1.82, 2.24) is 9.97 Å². The van der Waals surface area contributed by atoms with Crippen LogP contribution in [0.5, 0.6) is 0 Å². The summed E-state index contributed by atoms with van der Waals surface area (Å²) in [7, 11) is 0. The molecule has 1 aliphatic heterocycles. The molecule has 0 radical (unpaired) electrons. The van der Waals surface area contributed by atoms with E-state index in [1.54, 1.807) is 12.3 Å². The molecule has 1 unspecified atom stereocenters. The first-order valence-electron chi connectivity index (χ1n) is 5.95. The molecule has 0 spiro atoms. The van der Waals surface area contributed by atoms with Gasteiger partial charge in [-0.15, -0.1) is 0 Å². The predicted octanol–water partition coefficient (Wildman–Crippen LogP) is 2.07. The van der Waals surface area contributed by atoms with Crippen LogP contribution in [-0.2, 0) is 6.42 Å². The lowest BCUT2D eigenvalue weighted by atomic mass is 10.1. The molecule has 1 aromatic heterocycles. The molecule has 0 bridgehead atoms. The van der Waals surface area contributed by atoms with E-state index in [2.05, 4.69) is 23.0 Å². The monoisotopic (exact) mass is 239 g/mol. The van der Waals surface area contributed by atoms with E-state index in [0.29, 0.717) is 5.69 Å². The van der Waals surface area contributed by atoms with E-state index in [9.17, 15) is 4.79 Å². The number of rotatable bonds is 1. The molecule has 0 saturated carbocycles. The maximum absolute atomic E-state index is 12.5. The normalized spacial score (nSPS) is 17.6. The number of hydrogen-bond acceptors (Lipinski definition) is 3. The van der Waals surface area contributed by atoms with Gasteiger partial charge in [0.1, 0.15) is 12.0 Å². The molecule has 1 aromatic carbocycles. The molecule has 3 rings (SSSR count). The Morgan fingerprint density at radius 2 is 2.17 bits per heavy atom. The summed E-state index contributed by atoms with van der Waals surface area (Å²) in [6, 6.07) is 9.83. The van der Waals surface area contributed by atoms with Crippen LogP contribution in [0.25, 0.3) is 0 Å². The van der Waals surface area contributed by atoms with E-state index in [0.717, 1.165) is 12.1 Å². The first kappa shape index (κ1) is 10.9. The molecule has 1 atom stereocenters. The molecule has 2 aromatic rings. The van der Waals surface area contributed by atoms with Crippen molar-refractivity contribution in [2.45, 2.75) is 19.4 Å². The summed E-state index contributed by atoms with van der Waals surface area (Å²) in [5, 5.41) is 0. The fourth-order valence-electron chi connectivity index (χ4n) is 2.42. The van der Waals surface area contributed by atoms with Crippen molar-refractivity contribution in [2.75, 3.05) is 4.90 Å². The van der Waals surface area contributed by atoms with Gasteiger partial charge in [-0.3, -0.25) is 4.79 Å². The van der Waals surface area contributed by atoms with Crippen molar-refractivity contribution >= 4 is 11.6 Å². The lowest BCUT2D eigenvalue weighted by Crippen LogP contribution is -2.36. The van der Waals surface area contributed by atoms with E-state index in [4.69, 9.17) is 0 Å². The number of fused-ring (bicyclic) bond motifs is 1. The number of amides is 1. The second-order valence-corrected chi connectivity index (χ2v) is 4.45. The lowest BCUT2D eigenvalue weighted by Gasteiger charge is -2.22. The van der Waals surface area contributed by atoms with Gasteiger partial charge in [-0.1, -0.05) is 18.2 Å². The second kappa shape index (κ2) is 4.22. The Morgan fingerprint density at radius 1 is 1.33 bits per heavy atom. The van der Waals surface area contributed by atoms with E-state index in [1.165, 1.54) is 11.9 Å². The van der Waals surface area contributed by atoms with Crippen molar-refractivity contribution < 1.29 is 4.79 Å². The first-order chi connectivity index (χ1) is 8.77. The van der Waals surface area contributed by atoms with Crippen LogP contribution in [0.2, 0.25) is 0 Å². The van der Waals surface area contributed by atoms with Crippen LogP contribution in [0.3, 0.4) is 0 Å². The SMILES string of the molecule is CC1Cc2ccccc2N1C(=O)c1ccncn1. The molecular weight excluding hydrogens is 226 g/mol. The largest absolute Gasteiger partial charge is 0.304 e. The third kappa shape index (κ3) is 1.66. The van der Waals surface area contributed by atoms with Gasteiger partial charge in [0.05, 0.1) is 0 Å². The van der Waals surface area contributed by atoms with E-state index >= 15 is 0 Å². The smallest absolute Gasteiger partial charge is 0.277 e. The van der Waals surface area contributed by atoms with Crippen LogP contribution >= 0.6 is 0 Å². The molecule has 0 fully saturated rings. The summed E-state index contributed by atoms with van der Waals surface area (Å²) in [6.45, 7) is 2.05. The van der Waals surface area contributed by atoms with Gasteiger partial charge < -0.3 is 4.90 Å². The zero-order valence-electron chi connectivity index (χ0n) is 10.1. The van der Waals surface area contributed by atoms with Gasteiger partial charge in [-0.25, -0.2) is 9.97 Å². The van der Waals surface area contributed by atoms with Crippen molar-refractivity contribution in [3.8, 4) is 0 Å². The fourth-order valence-corrected chi connectivity index (χ4v) is 2.42. The number of carbonyl (C=O) groups is 1. The summed E-state index contributed by atoms with van der Waals surface area (Å²) in [4.78, 5) is 22.1. The Hall–Kier alpha value is -2.23. The Balaban J connectivity index is 2.00. The maximum Gasteiger partial charge on any atom is 0.277 e. The fraction of sp³-hybridized carbons (Fsp3) is 0.214. The van der Waals surface area contributed by atoms with Gasteiger partial charge in [-0.05, 0) is 31.0 Å². The molecule has 1 amide bonds. The third-order valence-electron chi connectivity index (χ3n) is 3.23. The molecule has 4 nitrogen and oxygen atoms in total. The van der Waals surface area contributed by atoms with Crippen LogP contribution in [0.1, 0.15) is 23.0 Å². The first-order valence-corrected chi connectivity index (χ1v) is 5.95. The predicted molar refractivity (Wildman–Crippen MR) is 68.4 cm³/mol. The minimum atomic E-state index is -0.0603. The lowest BCUT2D eigenvalue weighted by molar-refractivity contribution is 0.0976. The van der Waals surface area contributed by atoms with Crippen molar-refractivity contribution in [3.63, 3.8) is 0 Å². The zero-order valence-corrected chi connectivity index (χ0v) is 10.1. The van der Waals surface area contributed by atoms with Crippen LogP contribution in [-0.4, -0.2) is 21.9 Å². The Morgan fingerprint density at radius 3 is 2.94 bits per heavy atom. The number of benzene rings is 1. The van der Waals surface area contributed by atoms with Gasteiger partial charge in [0, 0.05) is 17.9 Å². The molecule has 2 heterocycles.